The van der Waals surface area contributed by atoms with Crippen molar-refractivity contribution in [2.45, 2.75) is 51.9 Å². The molecule has 1 aromatic heterocycles. The summed E-state index contributed by atoms with van der Waals surface area (Å²) in [6, 6.07) is 0. The van der Waals surface area contributed by atoms with Crippen molar-refractivity contribution in [1.82, 2.24) is 20.2 Å². The van der Waals surface area contributed by atoms with Crippen molar-refractivity contribution < 1.29 is 9.53 Å². The minimum atomic E-state index is -0.457. The van der Waals surface area contributed by atoms with Gasteiger partial charge in [0.25, 0.3) is 0 Å². The lowest BCUT2D eigenvalue weighted by Gasteiger charge is -2.19. The highest BCUT2D eigenvalue weighted by Crippen LogP contribution is 2.16. The molecule has 0 N–H and O–H groups in total. The first-order chi connectivity index (χ1) is 8.28. The molecule has 0 radical (unpaired) electrons. The van der Waals surface area contributed by atoms with Gasteiger partial charge in [0.05, 0.1) is 5.75 Å². The minimum absolute atomic E-state index is 0.218. The second-order valence-corrected chi connectivity index (χ2v) is 6.36. The Balaban J connectivity index is 2.48. The SMILES string of the molecule is CC(C)Cn1nnnc1SCC(=O)OC(C)(C)C. The van der Waals surface area contributed by atoms with Crippen molar-refractivity contribution in [3.8, 4) is 0 Å². The van der Waals surface area contributed by atoms with E-state index in [0.29, 0.717) is 11.1 Å². The van der Waals surface area contributed by atoms with Crippen molar-refractivity contribution in [2.24, 2.45) is 5.92 Å². The zero-order chi connectivity index (χ0) is 13.8. The summed E-state index contributed by atoms with van der Waals surface area (Å²) in [6.45, 7) is 10.5. The normalized spacial score (nSPS) is 11.9. The molecule has 0 fully saturated rings. The summed E-state index contributed by atoms with van der Waals surface area (Å²) < 4.78 is 6.93. The largest absolute Gasteiger partial charge is 0.459 e. The Kier molecular flexibility index (Phi) is 5.13. The van der Waals surface area contributed by atoms with Gasteiger partial charge >= 0.3 is 5.97 Å². The van der Waals surface area contributed by atoms with Crippen LogP contribution < -0.4 is 0 Å². The second-order valence-electron chi connectivity index (χ2n) is 5.41. The van der Waals surface area contributed by atoms with E-state index in [4.69, 9.17) is 4.74 Å². The van der Waals surface area contributed by atoms with Gasteiger partial charge in [-0.1, -0.05) is 25.6 Å². The zero-order valence-electron chi connectivity index (χ0n) is 11.5. The van der Waals surface area contributed by atoms with Crippen LogP contribution in [0.4, 0.5) is 0 Å². The first-order valence-corrected chi connectivity index (χ1v) is 6.87. The lowest BCUT2D eigenvalue weighted by Crippen LogP contribution is -2.25. The van der Waals surface area contributed by atoms with Gasteiger partial charge in [0.2, 0.25) is 5.16 Å². The van der Waals surface area contributed by atoms with E-state index in [1.165, 1.54) is 11.8 Å². The van der Waals surface area contributed by atoms with Gasteiger partial charge < -0.3 is 4.74 Å². The fourth-order valence-corrected chi connectivity index (χ4v) is 1.91. The first-order valence-electron chi connectivity index (χ1n) is 5.89. The molecular formula is C11H20N4O2S. The van der Waals surface area contributed by atoms with Crippen LogP contribution in [-0.2, 0) is 16.1 Å². The Labute approximate surface area is 111 Å². The number of rotatable bonds is 5. The van der Waals surface area contributed by atoms with Gasteiger partial charge in [0.15, 0.2) is 0 Å². The lowest BCUT2D eigenvalue weighted by molar-refractivity contribution is -0.151. The maximum atomic E-state index is 11.6. The lowest BCUT2D eigenvalue weighted by atomic mass is 10.2. The molecule has 0 aromatic carbocycles. The van der Waals surface area contributed by atoms with Gasteiger partial charge in [-0.15, -0.1) is 5.10 Å². The number of aromatic nitrogens is 4. The maximum absolute atomic E-state index is 11.6. The number of ether oxygens (including phenoxy) is 1. The van der Waals surface area contributed by atoms with Crippen LogP contribution in [0.3, 0.4) is 0 Å². The van der Waals surface area contributed by atoms with Crippen LogP contribution in [0.5, 0.6) is 0 Å². The number of tetrazole rings is 1. The second kappa shape index (κ2) is 6.17. The van der Waals surface area contributed by atoms with Crippen LogP contribution in [0.2, 0.25) is 0 Å². The van der Waals surface area contributed by atoms with E-state index in [2.05, 4.69) is 29.4 Å². The summed E-state index contributed by atoms with van der Waals surface area (Å²) in [4.78, 5) is 11.6. The van der Waals surface area contributed by atoms with E-state index < -0.39 is 5.60 Å². The highest BCUT2D eigenvalue weighted by Gasteiger charge is 2.17. The summed E-state index contributed by atoms with van der Waals surface area (Å²) in [5.74, 6) is 0.413. The van der Waals surface area contributed by atoms with E-state index in [1.54, 1.807) is 4.68 Å². The van der Waals surface area contributed by atoms with Crippen molar-refractivity contribution in [2.75, 3.05) is 5.75 Å². The van der Waals surface area contributed by atoms with E-state index in [-0.39, 0.29) is 11.7 Å². The van der Waals surface area contributed by atoms with Gasteiger partial charge in [-0.2, -0.15) is 0 Å². The highest BCUT2D eigenvalue weighted by molar-refractivity contribution is 7.99. The van der Waals surface area contributed by atoms with Crippen molar-refractivity contribution in [1.29, 1.82) is 0 Å². The molecule has 0 spiro atoms. The molecule has 0 aliphatic rings. The quantitative estimate of drug-likeness (QED) is 0.601. The summed E-state index contributed by atoms with van der Waals surface area (Å²) in [6.07, 6.45) is 0. The number of thioether (sulfide) groups is 1. The Bertz CT molecular complexity index is 398. The van der Waals surface area contributed by atoms with Gasteiger partial charge in [0.1, 0.15) is 5.60 Å². The van der Waals surface area contributed by atoms with E-state index in [1.807, 2.05) is 20.8 Å². The Morgan fingerprint density at radius 1 is 1.44 bits per heavy atom. The van der Waals surface area contributed by atoms with Gasteiger partial charge in [-0.25, -0.2) is 4.68 Å². The van der Waals surface area contributed by atoms with E-state index >= 15 is 0 Å². The van der Waals surface area contributed by atoms with Gasteiger partial charge in [-0.05, 0) is 37.1 Å². The van der Waals surface area contributed by atoms with Crippen molar-refractivity contribution >= 4 is 17.7 Å². The highest BCUT2D eigenvalue weighted by atomic mass is 32.2. The summed E-state index contributed by atoms with van der Waals surface area (Å²) in [7, 11) is 0. The molecule has 0 saturated carbocycles. The maximum Gasteiger partial charge on any atom is 0.316 e. The van der Waals surface area contributed by atoms with Crippen LogP contribution in [-0.4, -0.2) is 37.5 Å². The summed E-state index contributed by atoms with van der Waals surface area (Å²) in [5, 5.41) is 12.1. The summed E-state index contributed by atoms with van der Waals surface area (Å²) >= 11 is 1.30. The van der Waals surface area contributed by atoms with Gasteiger partial charge in [-0.3, -0.25) is 4.79 Å². The zero-order valence-corrected chi connectivity index (χ0v) is 12.3. The third-order valence-electron chi connectivity index (χ3n) is 1.78. The third kappa shape index (κ3) is 5.48. The Morgan fingerprint density at radius 3 is 2.67 bits per heavy atom. The van der Waals surface area contributed by atoms with Crippen molar-refractivity contribution in [3.05, 3.63) is 0 Å². The predicted octanol–water partition coefficient (Wildman–Crippen LogP) is 1.76. The van der Waals surface area contributed by atoms with E-state index in [0.717, 1.165) is 6.54 Å². The molecule has 0 atom stereocenters. The molecule has 1 rings (SSSR count). The first kappa shape index (κ1) is 14.9. The van der Waals surface area contributed by atoms with Crippen LogP contribution in [0, 0.1) is 5.92 Å². The molecule has 1 heterocycles. The monoisotopic (exact) mass is 272 g/mol. The molecule has 0 saturated heterocycles. The molecular weight excluding hydrogens is 252 g/mol. The Morgan fingerprint density at radius 2 is 2.11 bits per heavy atom. The molecule has 6 nitrogen and oxygen atoms in total. The molecule has 0 unspecified atom stereocenters. The number of carbonyl (C=O) groups is 1. The molecule has 1 aromatic rings. The number of esters is 1. The Hall–Kier alpha value is -1.11. The van der Waals surface area contributed by atoms with Crippen LogP contribution in [0.1, 0.15) is 34.6 Å². The van der Waals surface area contributed by atoms with Crippen molar-refractivity contribution in [3.63, 3.8) is 0 Å². The van der Waals surface area contributed by atoms with Crippen LogP contribution >= 0.6 is 11.8 Å². The van der Waals surface area contributed by atoms with Gasteiger partial charge in [0, 0.05) is 6.54 Å². The number of nitrogens with zero attached hydrogens (tertiary/aromatic N) is 4. The van der Waals surface area contributed by atoms with E-state index in [9.17, 15) is 4.79 Å². The molecule has 102 valence electrons. The number of hydrogen-bond acceptors (Lipinski definition) is 6. The predicted molar refractivity (Wildman–Crippen MR) is 69.2 cm³/mol. The fourth-order valence-electron chi connectivity index (χ4n) is 1.25. The smallest absolute Gasteiger partial charge is 0.316 e. The summed E-state index contributed by atoms with van der Waals surface area (Å²) in [5.41, 5.74) is -0.457. The minimum Gasteiger partial charge on any atom is -0.459 e. The molecule has 7 heteroatoms. The third-order valence-corrected chi connectivity index (χ3v) is 2.71. The van der Waals surface area contributed by atoms with Crippen LogP contribution in [0.15, 0.2) is 5.16 Å². The van der Waals surface area contributed by atoms with Crippen LogP contribution in [0.25, 0.3) is 0 Å². The average molecular weight is 272 g/mol. The number of carbonyl (C=O) groups excluding carboxylic acids is 1. The standard InChI is InChI=1S/C11H20N4O2S/c1-8(2)6-15-10(12-13-14-15)18-7-9(16)17-11(3,4)5/h8H,6-7H2,1-5H3. The molecule has 0 aliphatic carbocycles. The molecule has 0 aliphatic heterocycles. The molecule has 0 amide bonds. The molecule has 0 bridgehead atoms. The topological polar surface area (TPSA) is 69.9 Å². The fraction of sp³-hybridized carbons (Fsp3) is 0.818. The molecule has 18 heavy (non-hydrogen) atoms. The number of hydrogen-bond donors (Lipinski definition) is 0. The average Bonchev–Trinajstić information content (AvgIpc) is 2.58.